The highest BCUT2D eigenvalue weighted by Crippen LogP contribution is 2.36. The summed E-state index contributed by atoms with van der Waals surface area (Å²) >= 11 is 0. The summed E-state index contributed by atoms with van der Waals surface area (Å²) in [5, 5.41) is 0. The zero-order valence-corrected chi connectivity index (χ0v) is 13.7. The van der Waals surface area contributed by atoms with Crippen LogP contribution in [-0.2, 0) is 5.41 Å². The highest BCUT2D eigenvalue weighted by Gasteiger charge is 2.32. The van der Waals surface area contributed by atoms with Crippen molar-refractivity contribution in [3.05, 3.63) is 64.7 Å². The van der Waals surface area contributed by atoms with Crippen LogP contribution in [0.2, 0.25) is 0 Å². The van der Waals surface area contributed by atoms with Crippen LogP contribution in [0.5, 0.6) is 0 Å². The first-order chi connectivity index (χ1) is 11.7. The lowest BCUT2D eigenvalue weighted by atomic mass is 9.74. The van der Waals surface area contributed by atoms with Crippen molar-refractivity contribution in [2.45, 2.75) is 25.2 Å². The Bertz CT molecular complexity index is 911. The number of hydrogen-bond acceptors (Lipinski definition) is 4. The van der Waals surface area contributed by atoms with Gasteiger partial charge in [-0.1, -0.05) is 37.3 Å². The van der Waals surface area contributed by atoms with E-state index in [9.17, 15) is 4.79 Å². The van der Waals surface area contributed by atoms with Crippen LogP contribution in [0.4, 0.5) is 5.82 Å². The molecule has 0 spiro atoms. The van der Waals surface area contributed by atoms with E-state index in [1.165, 1.54) is 11.9 Å². The van der Waals surface area contributed by atoms with Gasteiger partial charge in [0.1, 0.15) is 5.82 Å². The molecule has 1 aromatic carbocycles. The van der Waals surface area contributed by atoms with E-state index >= 15 is 0 Å². The van der Waals surface area contributed by atoms with Gasteiger partial charge in [0.25, 0.3) is 5.56 Å². The maximum Gasteiger partial charge on any atom is 0.277 e. The lowest BCUT2D eigenvalue weighted by molar-refractivity contribution is 0.361. The van der Waals surface area contributed by atoms with Gasteiger partial charge in [0.2, 0.25) is 0 Å². The first kappa shape index (κ1) is 14.9. The molecule has 5 nitrogen and oxygen atoms in total. The minimum atomic E-state index is -0.187. The number of H-pyrrole nitrogens is 1. The van der Waals surface area contributed by atoms with Crippen LogP contribution in [0.25, 0.3) is 11.0 Å². The Morgan fingerprint density at radius 1 is 1.08 bits per heavy atom. The van der Waals surface area contributed by atoms with Crippen molar-refractivity contribution in [3.8, 4) is 0 Å². The summed E-state index contributed by atoms with van der Waals surface area (Å²) in [7, 11) is 0. The van der Waals surface area contributed by atoms with E-state index in [1.807, 2.05) is 12.1 Å². The Labute approximate surface area is 140 Å². The number of piperidine rings is 1. The molecule has 0 bridgehead atoms. The fourth-order valence-electron chi connectivity index (χ4n) is 3.48. The quantitative estimate of drug-likeness (QED) is 0.789. The van der Waals surface area contributed by atoms with Crippen molar-refractivity contribution >= 4 is 16.9 Å². The molecule has 4 rings (SSSR count). The summed E-state index contributed by atoms with van der Waals surface area (Å²) in [5.41, 5.74) is 2.46. The first-order valence-electron chi connectivity index (χ1n) is 8.31. The number of nitrogens with one attached hydrogen (secondary N) is 1. The average molecular weight is 320 g/mol. The largest absolute Gasteiger partial charge is 0.357 e. The third-order valence-electron chi connectivity index (χ3n) is 5.14. The Morgan fingerprint density at radius 3 is 2.58 bits per heavy atom. The molecule has 0 unspecified atom stereocenters. The number of aromatic amines is 1. The van der Waals surface area contributed by atoms with Gasteiger partial charge < -0.3 is 9.88 Å². The van der Waals surface area contributed by atoms with Crippen LogP contribution in [0.1, 0.15) is 25.3 Å². The van der Waals surface area contributed by atoms with Gasteiger partial charge in [-0.05, 0) is 36.0 Å². The SMILES string of the molecule is CC1(c2ccccc2)CCN(c2ccc3nc[nH]c(=O)c3n2)CC1. The molecule has 0 aliphatic carbocycles. The Balaban J connectivity index is 1.58. The van der Waals surface area contributed by atoms with Crippen molar-refractivity contribution in [2.75, 3.05) is 18.0 Å². The van der Waals surface area contributed by atoms with E-state index in [-0.39, 0.29) is 11.0 Å². The molecule has 3 aromatic rings. The molecule has 0 amide bonds. The lowest BCUT2D eigenvalue weighted by Gasteiger charge is -2.40. The number of pyridine rings is 1. The summed E-state index contributed by atoms with van der Waals surface area (Å²) in [5.74, 6) is 0.858. The van der Waals surface area contributed by atoms with Crippen molar-refractivity contribution in [1.82, 2.24) is 15.0 Å². The fraction of sp³-hybridized carbons (Fsp3) is 0.316. The van der Waals surface area contributed by atoms with Gasteiger partial charge in [0, 0.05) is 13.1 Å². The minimum absolute atomic E-state index is 0.187. The molecule has 0 saturated carbocycles. The van der Waals surface area contributed by atoms with E-state index < -0.39 is 0 Å². The van der Waals surface area contributed by atoms with Crippen molar-refractivity contribution in [2.24, 2.45) is 0 Å². The Hall–Kier alpha value is -2.69. The molecule has 1 saturated heterocycles. The number of benzene rings is 1. The van der Waals surface area contributed by atoms with Gasteiger partial charge in [-0.15, -0.1) is 0 Å². The normalized spacial score (nSPS) is 17.1. The molecule has 0 radical (unpaired) electrons. The third kappa shape index (κ3) is 2.56. The van der Waals surface area contributed by atoms with Gasteiger partial charge in [0.15, 0.2) is 5.52 Å². The molecule has 1 aliphatic heterocycles. The van der Waals surface area contributed by atoms with Gasteiger partial charge >= 0.3 is 0 Å². The predicted octanol–water partition coefficient (Wildman–Crippen LogP) is 2.88. The summed E-state index contributed by atoms with van der Waals surface area (Å²) in [6.45, 7) is 4.20. The molecule has 5 heteroatoms. The zero-order chi connectivity index (χ0) is 16.6. The second kappa shape index (κ2) is 5.74. The first-order valence-corrected chi connectivity index (χ1v) is 8.31. The predicted molar refractivity (Wildman–Crippen MR) is 95.4 cm³/mol. The van der Waals surface area contributed by atoms with E-state index in [4.69, 9.17) is 0 Å². The van der Waals surface area contributed by atoms with Gasteiger partial charge in [-0.25, -0.2) is 9.97 Å². The maximum absolute atomic E-state index is 11.9. The number of fused-ring (bicyclic) bond motifs is 1. The van der Waals surface area contributed by atoms with Crippen LogP contribution < -0.4 is 10.5 Å². The van der Waals surface area contributed by atoms with Crippen molar-refractivity contribution < 1.29 is 0 Å². The van der Waals surface area contributed by atoms with Crippen LogP contribution in [-0.4, -0.2) is 28.0 Å². The molecule has 1 N–H and O–H groups in total. The number of nitrogens with zero attached hydrogens (tertiary/aromatic N) is 3. The van der Waals surface area contributed by atoms with Gasteiger partial charge in [-0.3, -0.25) is 4.79 Å². The molecule has 2 aromatic heterocycles. The summed E-state index contributed by atoms with van der Waals surface area (Å²) in [4.78, 5) is 25.5. The monoisotopic (exact) mass is 320 g/mol. The maximum atomic E-state index is 11.9. The minimum Gasteiger partial charge on any atom is -0.357 e. The average Bonchev–Trinajstić information content (AvgIpc) is 2.63. The second-order valence-electron chi connectivity index (χ2n) is 6.68. The number of aromatic nitrogens is 3. The molecule has 0 atom stereocenters. The van der Waals surface area contributed by atoms with E-state index in [0.717, 1.165) is 31.7 Å². The number of anilines is 1. The van der Waals surface area contributed by atoms with E-state index in [0.29, 0.717) is 11.0 Å². The summed E-state index contributed by atoms with van der Waals surface area (Å²) < 4.78 is 0. The highest BCUT2D eigenvalue weighted by molar-refractivity contribution is 5.74. The van der Waals surface area contributed by atoms with Crippen LogP contribution >= 0.6 is 0 Å². The molecule has 24 heavy (non-hydrogen) atoms. The molecule has 1 aliphatic rings. The van der Waals surface area contributed by atoms with E-state index in [2.05, 4.69) is 57.1 Å². The molecular weight excluding hydrogens is 300 g/mol. The Morgan fingerprint density at radius 2 is 1.83 bits per heavy atom. The van der Waals surface area contributed by atoms with Crippen molar-refractivity contribution in [1.29, 1.82) is 0 Å². The lowest BCUT2D eigenvalue weighted by Crippen LogP contribution is -2.41. The number of hydrogen-bond donors (Lipinski definition) is 1. The topological polar surface area (TPSA) is 61.9 Å². The van der Waals surface area contributed by atoms with E-state index in [1.54, 1.807) is 0 Å². The number of rotatable bonds is 2. The Kier molecular flexibility index (Phi) is 3.56. The smallest absolute Gasteiger partial charge is 0.277 e. The zero-order valence-electron chi connectivity index (χ0n) is 13.7. The summed E-state index contributed by atoms with van der Waals surface area (Å²) in [6, 6.07) is 14.5. The molecule has 122 valence electrons. The third-order valence-corrected chi connectivity index (χ3v) is 5.14. The second-order valence-corrected chi connectivity index (χ2v) is 6.68. The summed E-state index contributed by atoms with van der Waals surface area (Å²) in [6.07, 6.45) is 3.55. The molecular formula is C19H20N4O. The molecule has 1 fully saturated rings. The highest BCUT2D eigenvalue weighted by atomic mass is 16.1. The van der Waals surface area contributed by atoms with Crippen LogP contribution in [0.15, 0.2) is 53.6 Å². The van der Waals surface area contributed by atoms with Crippen molar-refractivity contribution in [3.63, 3.8) is 0 Å². The molecule has 3 heterocycles. The van der Waals surface area contributed by atoms with Crippen LogP contribution in [0, 0.1) is 0 Å². The van der Waals surface area contributed by atoms with Gasteiger partial charge in [-0.2, -0.15) is 0 Å². The van der Waals surface area contributed by atoms with Gasteiger partial charge in [0.05, 0.1) is 11.8 Å². The fourth-order valence-corrected chi connectivity index (χ4v) is 3.48. The standard InChI is InChI=1S/C19H20N4O/c1-19(14-5-3-2-4-6-14)9-11-23(12-10-19)16-8-7-15-17(22-16)18(24)21-13-20-15/h2-8,13H,9-12H2,1H3,(H,20,21,24). The van der Waals surface area contributed by atoms with Crippen LogP contribution in [0.3, 0.4) is 0 Å².